The summed E-state index contributed by atoms with van der Waals surface area (Å²) in [4.78, 5) is 0. The van der Waals surface area contributed by atoms with E-state index in [0.717, 1.165) is 12.0 Å². The van der Waals surface area contributed by atoms with E-state index in [1.165, 1.54) is 30.9 Å². The van der Waals surface area contributed by atoms with Gasteiger partial charge in [0.2, 0.25) is 0 Å². The molecule has 0 unspecified atom stereocenters. The second-order valence-electron chi connectivity index (χ2n) is 8.48. The Hall–Kier alpha value is -1.65. The first-order valence-electron chi connectivity index (χ1n) is 9.98. The summed E-state index contributed by atoms with van der Waals surface area (Å²) in [6.45, 7) is 10.2. The van der Waals surface area contributed by atoms with Crippen LogP contribution < -0.4 is 5.46 Å². The molecule has 0 N–H and O–H groups in total. The van der Waals surface area contributed by atoms with Gasteiger partial charge in [-0.1, -0.05) is 56.2 Å². The van der Waals surface area contributed by atoms with Crippen LogP contribution in [-0.4, -0.2) is 18.3 Å². The summed E-state index contributed by atoms with van der Waals surface area (Å²) < 4.78 is 26.9. The molecule has 0 amide bonds. The minimum atomic E-state index is -0.542. The first-order valence-corrected chi connectivity index (χ1v) is 9.98. The summed E-state index contributed by atoms with van der Waals surface area (Å²) >= 11 is 0. The van der Waals surface area contributed by atoms with Gasteiger partial charge in [0.1, 0.15) is 5.82 Å². The molecule has 1 fully saturated rings. The number of aryl methyl sites for hydroxylation is 1. The Labute approximate surface area is 163 Å². The Kier molecular flexibility index (Phi) is 5.78. The van der Waals surface area contributed by atoms with E-state index in [4.69, 9.17) is 9.31 Å². The van der Waals surface area contributed by atoms with Crippen molar-refractivity contribution >= 4 is 12.6 Å². The lowest BCUT2D eigenvalue weighted by Crippen LogP contribution is -2.41. The lowest BCUT2D eigenvalue weighted by Gasteiger charge is -2.32. The molecule has 2 aromatic carbocycles. The van der Waals surface area contributed by atoms with E-state index < -0.39 is 18.3 Å². The molecular formula is C23H30BFO2. The quantitative estimate of drug-likeness (QED) is 0.493. The van der Waals surface area contributed by atoms with E-state index in [-0.39, 0.29) is 5.82 Å². The maximum absolute atomic E-state index is 14.8. The first kappa shape index (κ1) is 20.1. The average molecular weight is 368 g/mol. The zero-order valence-corrected chi connectivity index (χ0v) is 17.1. The molecule has 0 spiro atoms. The molecule has 2 aromatic rings. The van der Waals surface area contributed by atoms with Gasteiger partial charge in [0.05, 0.1) is 11.2 Å². The van der Waals surface area contributed by atoms with Gasteiger partial charge in [0.25, 0.3) is 0 Å². The molecule has 1 saturated heterocycles. The van der Waals surface area contributed by atoms with Crippen molar-refractivity contribution in [3.63, 3.8) is 0 Å². The lowest BCUT2D eigenvalue weighted by molar-refractivity contribution is 0.00578. The van der Waals surface area contributed by atoms with Crippen LogP contribution >= 0.6 is 0 Å². The number of benzene rings is 2. The largest absolute Gasteiger partial charge is 0.494 e. The van der Waals surface area contributed by atoms with Gasteiger partial charge < -0.3 is 9.31 Å². The summed E-state index contributed by atoms with van der Waals surface area (Å²) in [6.07, 6.45) is 4.75. The second kappa shape index (κ2) is 7.77. The van der Waals surface area contributed by atoms with E-state index in [1.807, 2.05) is 52.0 Å². The summed E-state index contributed by atoms with van der Waals surface area (Å²) in [7, 11) is -0.542. The normalized spacial score (nSPS) is 18.1. The van der Waals surface area contributed by atoms with Crippen molar-refractivity contribution in [2.24, 2.45) is 0 Å². The van der Waals surface area contributed by atoms with Gasteiger partial charge in [0, 0.05) is 5.56 Å². The number of rotatable bonds is 6. The third-order valence-electron chi connectivity index (χ3n) is 5.85. The highest BCUT2D eigenvalue weighted by atomic mass is 19.1. The molecule has 0 atom stereocenters. The lowest BCUT2D eigenvalue weighted by atomic mass is 9.78. The Bertz CT molecular complexity index is 767. The first-order chi connectivity index (χ1) is 12.7. The van der Waals surface area contributed by atoms with Gasteiger partial charge in [-0.05, 0) is 63.2 Å². The Morgan fingerprint density at radius 3 is 2.07 bits per heavy atom. The molecule has 0 aromatic heterocycles. The molecule has 144 valence electrons. The van der Waals surface area contributed by atoms with Gasteiger partial charge in [-0.15, -0.1) is 0 Å². The van der Waals surface area contributed by atoms with Crippen molar-refractivity contribution in [3.05, 3.63) is 53.8 Å². The number of halogens is 1. The molecule has 1 aliphatic heterocycles. The highest BCUT2D eigenvalue weighted by Gasteiger charge is 2.51. The third kappa shape index (κ3) is 4.28. The van der Waals surface area contributed by atoms with E-state index >= 15 is 0 Å². The predicted molar refractivity (Wildman–Crippen MR) is 111 cm³/mol. The molecule has 27 heavy (non-hydrogen) atoms. The molecule has 2 nitrogen and oxygen atoms in total. The van der Waals surface area contributed by atoms with E-state index in [9.17, 15) is 4.39 Å². The predicted octanol–water partition coefficient (Wildman–Crippen LogP) is 5.52. The molecular weight excluding hydrogens is 338 g/mol. The fourth-order valence-corrected chi connectivity index (χ4v) is 3.32. The van der Waals surface area contributed by atoms with Crippen LogP contribution in [0.25, 0.3) is 11.1 Å². The maximum Gasteiger partial charge on any atom is 0.494 e. The molecule has 4 heteroatoms. The van der Waals surface area contributed by atoms with Gasteiger partial charge >= 0.3 is 7.12 Å². The molecule has 0 bridgehead atoms. The van der Waals surface area contributed by atoms with Crippen LogP contribution in [0.2, 0.25) is 0 Å². The van der Waals surface area contributed by atoms with Gasteiger partial charge in [-0.2, -0.15) is 0 Å². The fraction of sp³-hybridized carbons (Fsp3) is 0.478. The SMILES string of the molecule is CCCCCc1ccc(-c2ccc(B3OC(C)(C)C(C)(C)O3)cc2F)cc1. The van der Waals surface area contributed by atoms with E-state index in [0.29, 0.717) is 11.0 Å². The number of unbranched alkanes of at least 4 members (excludes halogenated alkanes) is 2. The van der Waals surface area contributed by atoms with Crippen LogP contribution in [0.1, 0.15) is 59.4 Å². The van der Waals surface area contributed by atoms with E-state index in [2.05, 4.69) is 19.1 Å². The van der Waals surface area contributed by atoms with Crippen molar-refractivity contribution in [3.8, 4) is 11.1 Å². The highest BCUT2D eigenvalue weighted by Crippen LogP contribution is 2.36. The van der Waals surface area contributed by atoms with Crippen LogP contribution in [-0.2, 0) is 15.7 Å². The van der Waals surface area contributed by atoms with Crippen LogP contribution in [0.3, 0.4) is 0 Å². The maximum atomic E-state index is 14.8. The number of hydrogen-bond acceptors (Lipinski definition) is 2. The molecule has 0 radical (unpaired) electrons. The van der Waals surface area contributed by atoms with Crippen molar-refractivity contribution in [1.29, 1.82) is 0 Å². The minimum Gasteiger partial charge on any atom is -0.399 e. The number of hydrogen-bond donors (Lipinski definition) is 0. The Morgan fingerprint density at radius 1 is 0.889 bits per heavy atom. The summed E-state index contributed by atoms with van der Waals surface area (Å²) in [5.41, 5.74) is 2.66. The second-order valence-corrected chi connectivity index (χ2v) is 8.48. The van der Waals surface area contributed by atoms with Crippen LogP contribution in [0.4, 0.5) is 4.39 Å². The zero-order chi connectivity index (χ0) is 19.7. The van der Waals surface area contributed by atoms with E-state index in [1.54, 1.807) is 0 Å². The summed E-state index contributed by atoms with van der Waals surface area (Å²) in [6, 6.07) is 13.5. The van der Waals surface area contributed by atoms with Crippen molar-refractivity contribution < 1.29 is 13.7 Å². The summed E-state index contributed by atoms with van der Waals surface area (Å²) in [5.74, 6) is -0.249. The smallest absolute Gasteiger partial charge is 0.399 e. The van der Waals surface area contributed by atoms with Crippen LogP contribution in [0.15, 0.2) is 42.5 Å². The highest BCUT2D eigenvalue weighted by molar-refractivity contribution is 6.62. The van der Waals surface area contributed by atoms with Gasteiger partial charge in [0.15, 0.2) is 0 Å². The monoisotopic (exact) mass is 368 g/mol. The molecule has 0 saturated carbocycles. The van der Waals surface area contributed by atoms with Crippen LogP contribution in [0.5, 0.6) is 0 Å². The molecule has 3 rings (SSSR count). The van der Waals surface area contributed by atoms with Crippen molar-refractivity contribution in [2.45, 2.75) is 71.5 Å². The van der Waals surface area contributed by atoms with Crippen molar-refractivity contribution in [1.82, 2.24) is 0 Å². The Balaban J connectivity index is 1.76. The zero-order valence-electron chi connectivity index (χ0n) is 17.1. The third-order valence-corrected chi connectivity index (χ3v) is 5.85. The topological polar surface area (TPSA) is 18.5 Å². The molecule has 0 aliphatic carbocycles. The van der Waals surface area contributed by atoms with Gasteiger partial charge in [-0.25, -0.2) is 4.39 Å². The fourth-order valence-electron chi connectivity index (χ4n) is 3.32. The molecule has 1 aliphatic rings. The molecule has 1 heterocycles. The van der Waals surface area contributed by atoms with Crippen molar-refractivity contribution in [2.75, 3.05) is 0 Å². The average Bonchev–Trinajstić information content (AvgIpc) is 2.83. The van der Waals surface area contributed by atoms with Gasteiger partial charge in [-0.3, -0.25) is 0 Å². The standard InChI is InChI=1S/C23H30BFO2/c1-6-7-8-9-17-10-12-18(13-11-17)20-15-14-19(16-21(20)25)24-26-22(2,3)23(4,5)27-24/h10-16H,6-9H2,1-5H3. The Morgan fingerprint density at radius 2 is 1.52 bits per heavy atom. The van der Waals surface area contributed by atoms with Crippen LogP contribution in [0, 0.1) is 5.82 Å². The summed E-state index contributed by atoms with van der Waals surface area (Å²) in [5, 5.41) is 0. The minimum absolute atomic E-state index is 0.249.